The first-order valence-corrected chi connectivity index (χ1v) is 13.1. The Kier molecular flexibility index (Phi) is 6.64. The third-order valence-electron chi connectivity index (χ3n) is 6.89. The Balaban J connectivity index is 1.18. The summed E-state index contributed by atoms with van der Waals surface area (Å²) in [6, 6.07) is 22.8. The zero-order valence-corrected chi connectivity index (χ0v) is 22.7. The summed E-state index contributed by atoms with van der Waals surface area (Å²) < 4.78 is 3.55. The Morgan fingerprint density at radius 1 is 0.927 bits per heavy atom. The smallest absolute Gasteiger partial charge is 0.328 e. The van der Waals surface area contributed by atoms with Crippen LogP contribution in [0.5, 0.6) is 0 Å². The molecule has 3 N–H and O–H groups in total. The van der Waals surface area contributed by atoms with Crippen molar-refractivity contribution in [1.29, 1.82) is 0 Å². The quantitative estimate of drug-likeness (QED) is 0.320. The molecule has 0 unspecified atom stereocenters. The largest absolute Gasteiger partial charge is 0.383 e. The molecule has 0 aliphatic heterocycles. The lowest BCUT2D eigenvalue weighted by molar-refractivity contribution is -0.120. The van der Waals surface area contributed by atoms with E-state index in [1.54, 1.807) is 37.3 Å². The zero-order chi connectivity index (χ0) is 28.5. The highest BCUT2D eigenvalue weighted by molar-refractivity contribution is 5.92. The number of amides is 2. The highest BCUT2D eigenvalue weighted by Crippen LogP contribution is 2.30. The molecule has 0 saturated heterocycles. The van der Waals surface area contributed by atoms with Gasteiger partial charge >= 0.3 is 6.03 Å². The average Bonchev–Trinajstić information content (AvgIpc) is 3.57. The van der Waals surface area contributed by atoms with Crippen molar-refractivity contribution in [3.8, 4) is 17.1 Å². The van der Waals surface area contributed by atoms with Gasteiger partial charge in [0, 0.05) is 50.3 Å². The summed E-state index contributed by atoms with van der Waals surface area (Å²) >= 11 is 0. The molecule has 4 aromatic heterocycles. The average molecular weight is 545 g/mol. The number of carbonyl (C=O) groups is 2. The van der Waals surface area contributed by atoms with Crippen LogP contribution in [0, 0.1) is 0 Å². The van der Waals surface area contributed by atoms with Crippen molar-refractivity contribution in [2.24, 2.45) is 0 Å². The van der Waals surface area contributed by atoms with E-state index in [2.05, 4.69) is 15.3 Å². The number of hydrogen-bond acceptors (Lipinski definition) is 6. The van der Waals surface area contributed by atoms with Crippen LogP contribution < -0.4 is 11.1 Å². The van der Waals surface area contributed by atoms with E-state index in [1.165, 1.54) is 4.90 Å². The van der Waals surface area contributed by atoms with E-state index in [0.29, 0.717) is 23.8 Å². The van der Waals surface area contributed by atoms with Crippen molar-refractivity contribution in [2.45, 2.75) is 13.0 Å². The van der Waals surface area contributed by atoms with Crippen LogP contribution in [0.3, 0.4) is 0 Å². The Morgan fingerprint density at radius 3 is 2.46 bits per heavy atom. The molecule has 0 bridgehead atoms. The van der Waals surface area contributed by atoms with E-state index in [-0.39, 0.29) is 18.4 Å². The lowest BCUT2D eigenvalue weighted by Crippen LogP contribution is -2.26. The molecule has 0 spiro atoms. The molecule has 0 radical (unpaired) electrons. The molecule has 6 rings (SSSR count). The molecule has 10 nitrogen and oxygen atoms in total. The number of anilines is 1. The lowest BCUT2D eigenvalue weighted by Gasteiger charge is -2.12. The maximum atomic E-state index is 12.8. The molecule has 2 amide bonds. The van der Waals surface area contributed by atoms with Crippen LogP contribution >= 0.6 is 0 Å². The van der Waals surface area contributed by atoms with Gasteiger partial charge in [0.1, 0.15) is 11.3 Å². The Morgan fingerprint density at radius 2 is 1.68 bits per heavy atom. The van der Waals surface area contributed by atoms with Gasteiger partial charge in [0.2, 0.25) is 5.91 Å². The number of nitrogens with two attached hydrogens (primary N) is 1. The summed E-state index contributed by atoms with van der Waals surface area (Å²) in [6.07, 6.45) is 5.33. The predicted molar refractivity (Wildman–Crippen MR) is 158 cm³/mol. The van der Waals surface area contributed by atoms with Gasteiger partial charge in [-0.2, -0.15) is 0 Å². The molecule has 0 aliphatic rings. The number of benzene rings is 2. The van der Waals surface area contributed by atoms with Crippen molar-refractivity contribution in [3.05, 3.63) is 103 Å². The van der Waals surface area contributed by atoms with Gasteiger partial charge in [-0.05, 0) is 59.7 Å². The van der Waals surface area contributed by atoms with Gasteiger partial charge in [-0.25, -0.2) is 19.7 Å². The molecule has 204 valence electrons. The maximum Gasteiger partial charge on any atom is 0.328 e. The van der Waals surface area contributed by atoms with Crippen LogP contribution in [0.15, 0.2) is 91.4 Å². The first-order chi connectivity index (χ1) is 19.9. The molecule has 0 saturated carbocycles. The fourth-order valence-corrected chi connectivity index (χ4v) is 4.82. The number of rotatable bonds is 6. The highest BCUT2D eigenvalue weighted by atomic mass is 16.2. The highest BCUT2D eigenvalue weighted by Gasteiger charge is 2.18. The van der Waals surface area contributed by atoms with Crippen molar-refractivity contribution >= 4 is 39.8 Å². The van der Waals surface area contributed by atoms with E-state index in [9.17, 15) is 9.59 Å². The second-order valence-corrected chi connectivity index (χ2v) is 9.93. The van der Waals surface area contributed by atoms with Gasteiger partial charge in [0.05, 0.1) is 17.5 Å². The molecular formula is C31H28N8O2. The third kappa shape index (κ3) is 4.98. The van der Waals surface area contributed by atoms with E-state index < -0.39 is 0 Å². The van der Waals surface area contributed by atoms with Crippen LogP contribution in [0.1, 0.15) is 11.1 Å². The van der Waals surface area contributed by atoms with Crippen LogP contribution in [0.4, 0.5) is 10.6 Å². The maximum absolute atomic E-state index is 12.8. The number of carbonyl (C=O) groups excluding carboxylic acids is 2. The summed E-state index contributed by atoms with van der Waals surface area (Å²) in [4.78, 5) is 40.3. The summed E-state index contributed by atoms with van der Waals surface area (Å²) in [5.41, 5.74) is 11.8. The minimum Gasteiger partial charge on any atom is -0.383 e. The Hall–Kier alpha value is -5.51. The van der Waals surface area contributed by atoms with E-state index in [0.717, 1.165) is 38.8 Å². The number of imidazole rings is 1. The summed E-state index contributed by atoms with van der Waals surface area (Å²) in [5.74, 6) is 0.936. The Bertz CT molecular complexity index is 1900. The van der Waals surface area contributed by atoms with E-state index >= 15 is 0 Å². The van der Waals surface area contributed by atoms with E-state index in [1.807, 2.05) is 77.4 Å². The van der Waals surface area contributed by atoms with Gasteiger partial charge < -0.3 is 16.0 Å². The second kappa shape index (κ2) is 10.6. The second-order valence-electron chi connectivity index (χ2n) is 9.93. The molecule has 4 heterocycles. The molecule has 6 aromatic rings. The number of aromatic nitrogens is 5. The number of pyridine rings is 2. The fourth-order valence-electron chi connectivity index (χ4n) is 4.82. The van der Waals surface area contributed by atoms with Crippen LogP contribution in [0.2, 0.25) is 0 Å². The van der Waals surface area contributed by atoms with Crippen molar-refractivity contribution in [1.82, 2.24) is 34.3 Å². The minimum atomic E-state index is -0.138. The van der Waals surface area contributed by atoms with Crippen LogP contribution in [-0.4, -0.2) is 55.0 Å². The molecule has 10 heteroatoms. The predicted octanol–water partition coefficient (Wildman–Crippen LogP) is 4.41. The van der Waals surface area contributed by atoms with Crippen molar-refractivity contribution in [2.75, 3.05) is 19.8 Å². The summed E-state index contributed by atoms with van der Waals surface area (Å²) in [7, 11) is 3.42. The SMILES string of the molecule is CN(C)C(=O)n1ccc2ccc(CC(=O)NCc3ccc(-n4c(-c5cccnc5N)nc5cccnc54)cc3)cc21. The molecule has 0 fully saturated rings. The third-order valence-corrected chi connectivity index (χ3v) is 6.89. The van der Waals surface area contributed by atoms with E-state index in [4.69, 9.17) is 10.7 Å². The molecule has 0 aliphatic carbocycles. The summed E-state index contributed by atoms with van der Waals surface area (Å²) in [5, 5.41) is 3.94. The Labute approximate surface area is 236 Å². The van der Waals surface area contributed by atoms with Gasteiger partial charge in [-0.1, -0.05) is 24.3 Å². The van der Waals surface area contributed by atoms with Gasteiger partial charge in [0.15, 0.2) is 11.5 Å². The lowest BCUT2D eigenvalue weighted by atomic mass is 10.1. The number of fused-ring (bicyclic) bond motifs is 2. The molecule has 2 aromatic carbocycles. The first-order valence-electron chi connectivity index (χ1n) is 13.1. The normalized spacial score (nSPS) is 11.2. The molecular weight excluding hydrogens is 516 g/mol. The molecule has 41 heavy (non-hydrogen) atoms. The fraction of sp³-hybridized carbons (Fsp3) is 0.129. The number of nitrogens with zero attached hydrogens (tertiary/aromatic N) is 6. The monoisotopic (exact) mass is 544 g/mol. The van der Waals surface area contributed by atoms with Gasteiger partial charge in [-0.15, -0.1) is 0 Å². The minimum absolute atomic E-state index is 0.107. The van der Waals surface area contributed by atoms with Crippen LogP contribution in [0.25, 0.3) is 39.1 Å². The van der Waals surface area contributed by atoms with Crippen LogP contribution in [-0.2, 0) is 17.8 Å². The van der Waals surface area contributed by atoms with Gasteiger partial charge in [-0.3, -0.25) is 13.9 Å². The molecule has 0 atom stereocenters. The number of hydrogen-bond donors (Lipinski definition) is 2. The first kappa shape index (κ1) is 25.8. The zero-order valence-electron chi connectivity index (χ0n) is 22.7. The number of nitrogens with one attached hydrogen (secondary N) is 1. The van der Waals surface area contributed by atoms with Gasteiger partial charge in [0.25, 0.3) is 0 Å². The standard InChI is InChI=1S/C31H28N8O2/c1-37(2)31(41)38-16-13-22-10-7-21(17-26(22)38)18-27(40)35-19-20-8-11-23(12-9-20)39-29(24-5-3-14-33-28(24)32)36-25-6-4-15-34-30(25)39/h3-17H,18-19H2,1-2H3,(H2,32,33)(H,35,40). The topological polar surface area (TPSA) is 124 Å². The number of nitrogen functional groups attached to an aromatic ring is 1. The summed E-state index contributed by atoms with van der Waals surface area (Å²) in [6.45, 7) is 0.377. The van der Waals surface area contributed by atoms with Crippen molar-refractivity contribution < 1.29 is 9.59 Å². The van der Waals surface area contributed by atoms with Crippen molar-refractivity contribution in [3.63, 3.8) is 0 Å².